The summed E-state index contributed by atoms with van der Waals surface area (Å²) in [4.78, 5) is 2.20. The Bertz CT molecular complexity index is 409. The van der Waals surface area contributed by atoms with Crippen LogP contribution >= 0.6 is 0 Å². The number of nitrogens with zero attached hydrogens (tertiary/aromatic N) is 1. The first-order valence-corrected chi connectivity index (χ1v) is 6.57. The van der Waals surface area contributed by atoms with Gasteiger partial charge in [0.1, 0.15) is 0 Å². The molecule has 5 heteroatoms. The second-order valence-corrected chi connectivity index (χ2v) is 5.15. The van der Waals surface area contributed by atoms with Gasteiger partial charge in [0.05, 0.1) is 5.56 Å². The first kappa shape index (κ1) is 14.3. The Kier molecular flexibility index (Phi) is 4.47. The standard InChI is InChI=1S/C14H19F3N2/c15-14(16,17)13-3-1-2-12(8-13)10-19-6-4-11(9-18)5-7-19/h1-3,8,11H,4-7,9-10,18H2. The van der Waals surface area contributed by atoms with Crippen molar-refractivity contribution in [3.05, 3.63) is 35.4 Å². The van der Waals surface area contributed by atoms with Crippen LogP contribution in [0.1, 0.15) is 24.0 Å². The normalized spacial score (nSPS) is 18.7. The summed E-state index contributed by atoms with van der Waals surface area (Å²) in [7, 11) is 0. The first-order valence-electron chi connectivity index (χ1n) is 6.57. The molecule has 1 saturated heterocycles. The average molecular weight is 272 g/mol. The summed E-state index contributed by atoms with van der Waals surface area (Å²) in [6.07, 6.45) is -2.19. The highest BCUT2D eigenvalue weighted by Gasteiger charge is 2.30. The lowest BCUT2D eigenvalue weighted by Crippen LogP contribution is -2.35. The molecule has 0 bridgehead atoms. The SMILES string of the molecule is NCC1CCN(Cc2cccc(C(F)(F)F)c2)CC1. The monoisotopic (exact) mass is 272 g/mol. The van der Waals surface area contributed by atoms with Gasteiger partial charge in [0.15, 0.2) is 0 Å². The van der Waals surface area contributed by atoms with E-state index in [2.05, 4.69) is 4.90 Å². The topological polar surface area (TPSA) is 29.3 Å². The zero-order valence-electron chi connectivity index (χ0n) is 10.8. The molecular formula is C14H19F3N2. The Morgan fingerprint density at radius 1 is 1.21 bits per heavy atom. The number of hydrogen-bond donors (Lipinski definition) is 1. The highest BCUT2D eigenvalue weighted by atomic mass is 19.4. The maximum atomic E-state index is 12.6. The van der Waals surface area contributed by atoms with Crippen LogP contribution in [0.2, 0.25) is 0 Å². The number of piperidine rings is 1. The van der Waals surface area contributed by atoms with Gasteiger partial charge in [-0.2, -0.15) is 13.2 Å². The summed E-state index contributed by atoms with van der Waals surface area (Å²) in [5.41, 5.74) is 5.78. The minimum atomic E-state index is -4.26. The van der Waals surface area contributed by atoms with Crippen LogP contribution in [0.25, 0.3) is 0 Å². The van der Waals surface area contributed by atoms with Crippen molar-refractivity contribution in [1.82, 2.24) is 4.90 Å². The van der Waals surface area contributed by atoms with Gasteiger partial charge in [0, 0.05) is 6.54 Å². The molecule has 0 aliphatic carbocycles. The van der Waals surface area contributed by atoms with E-state index in [1.54, 1.807) is 6.07 Å². The molecule has 106 valence electrons. The Morgan fingerprint density at radius 2 is 1.89 bits per heavy atom. The lowest BCUT2D eigenvalue weighted by Gasteiger charge is -2.31. The number of rotatable bonds is 3. The number of alkyl halides is 3. The molecule has 1 aromatic rings. The maximum absolute atomic E-state index is 12.6. The maximum Gasteiger partial charge on any atom is 0.416 e. The second kappa shape index (κ2) is 5.92. The summed E-state index contributed by atoms with van der Waals surface area (Å²) in [6, 6.07) is 5.59. The van der Waals surface area contributed by atoms with Crippen LogP contribution in [0.15, 0.2) is 24.3 Å². The van der Waals surface area contributed by atoms with E-state index in [9.17, 15) is 13.2 Å². The summed E-state index contributed by atoms with van der Waals surface area (Å²) >= 11 is 0. The lowest BCUT2D eigenvalue weighted by molar-refractivity contribution is -0.137. The van der Waals surface area contributed by atoms with Crippen LogP contribution in [0.4, 0.5) is 13.2 Å². The Hall–Kier alpha value is -1.07. The fourth-order valence-electron chi connectivity index (χ4n) is 2.48. The molecule has 0 amide bonds. The van der Waals surface area contributed by atoms with Crippen molar-refractivity contribution in [3.8, 4) is 0 Å². The lowest BCUT2D eigenvalue weighted by atomic mass is 9.96. The predicted molar refractivity (Wildman–Crippen MR) is 68.5 cm³/mol. The van der Waals surface area contributed by atoms with Gasteiger partial charge in [-0.15, -0.1) is 0 Å². The third kappa shape index (κ3) is 3.94. The summed E-state index contributed by atoms with van der Waals surface area (Å²) < 4.78 is 37.8. The van der Waals surface area contributed by atoms with Crippen LogP contribution in [0.5, 0.6) is 0 Å². The van der Waals surface area contributed by atoms with Crippen molar-refractivity contribution in [2.24, 2.45) is 11.7 Å². The first-order chi connectivity index (χ1) is 8.99. The van der Waals surface area contributed by atoms with Crippen molar-refractivity contribution in [2.45, 2.75) is 25.6 Å². The van der Waals surface area contributed by atoms with Crippen LogP contribution in [0.3, 0.4) is 0 Å². The fraction of sp³-hybridized carbons (Fsp3) is 0.571. The molecule has 2 nitrogen and oxygen atoms in total. The minimum absolute atomic E-state index is 0.567. The molecule has 1 heterocycles. The Labute approximate surface area is 111 Å². The summed E-state index contributed by atoms with van der Waals surface area (Å²) in [5.74, 6) is 0.567. The van der Waals surface area contributed by atoms with Gasteiger partial charge >= 0.3 is 6.18 Å². The zero-order valence-corrected chi connectivity index (χ0v) is 10.8. The molecule has 1 aliphatic rings. The van der Waals surface area contributed by atoms with Gasteiger partial charge < -0.3 is 5.73 Å². The van der Waals surface area contributed by atoms with E-state index in [1.165, 1.54) is 12.1 Å². The second-order valence-electron chi connectivity index (χ2n) is 5.15. The fourth-order valence-corrected chi connectivity index (χ4v) is 2.48. The van der Waals surface area contributed by atoms with E-state index in [-0.39, 0.29) is 0 Å². The third-order valence-corrected chi connectivity index (χ3v) is 3.70. The van der Waals surface area contributed by atoms with Gasteiger partial charge in [-0.1, -0.05) is 18.2 Å². The third-order valence-electron chi connectivity index (χ3n) is 3.70. The molecule has 0 aromatic heterocycles. The van der Waals surface area contributed by atoms with Crippen LogP contribution in [-0.2, 0) is 12.7 Å². The molecule has 19 heavy (non-hydrogen) atoms. The van der Waals surface area contributed by atoms with E-state index in [1.807, 2.05) is 0 Å². The van der Waals surface area contributed by atoms with E-state index < -0.39 is 11.7 Å². The highest BCUT2D eigenvalue weighted by molar-refractivity contribution is 5.25. The van der Waals surface area contributed by atoms with E-state index >= 15 is 0 Å². The van der Waals surface area contributed by atoms with E-state index in [0.29, 0.717) is 19.0 Å². The molecule has 2 rings (SSSR count). The van der Waals surface area contributed by atoms with Crippen LogP contribution in [0, 0.1) is 5.92 Å². The Morgan fingerprint density at radius 3 is 2.47 bits per heavy atom. The molecule has 0 atom stereocenters. The van der Waals surface area contributed by atoms with Crippen molar-refractivity contribution >= 4 is 0 Å². The number of likely N-dealkylation sites (tertiary alicyclic amines) is 1. The van der Waals surface area contributed by atoms with Crippen LogP contribution < -0.4 is 5.73 Å². The highest BCUT2D eigenvalue weighted by Crippen LogP contribution is 2.30. The predicted octanol–water partition coefficient (Wildman–Crippen LogP) is 2.88. The Balaban J connectivity index is 1.97. The van der Waals surface area contributed by atoms with Gasteiger partial charge in [0.2, 0.25) is 0 Å². The largest absolute Gasteiger partial charge is 0.416 e. The molecule has 0 unspecified atom stereocenters. The molecule has 0 spiro atoms. The van der Waals surface area contributed by atoms with Gasteiger partial charge in [0.25, 0.3) is 0 Å². The molecule has 1 aliphatic heterocycles. The van der Waals surface area contributed by atoms with Crippen LogP contribution in [-0.4, -0.2) is 24.5 Å². The van der Waals surface area contributed by atoms with Crippen molar-refractivity contribution < 1.29 is 13.2 Å². The van der Waals surface area contributed by atoms with Gasteiger partial charge in [-0.05, 0) is 50.0 Å². The van der Waals surface area contributed by atoms with Gasteiger partial charge in [-0.3, -0.25) is 4.90 Å². The molecule has 2 N–H and O–H groups in total. The molecule has 1 aromatic carbocycles. The molecule has 1 fully saturated rings. The zero-order chi connectivity index (χ0) is 13.9. The minimum Gasteiger partial charge on any atom is -0.330 e. The molecular weight excluding hydrogens is 253 g/mol. The number of hydrogen-bond acceptors (Lipinski definition) is 2. The smallest absolute Gasteiger partial charge is 0.330 e. The quantitative estimate of drug-likeness (QED) is 0.916. The van der Waals surface area contributed by atoms with Crippen molar-refractivity contribution in [3.63, 3.8) is 0 Å². The number of halogens is 3. The molecule has 0 radical (unpaired) electrons. The molecule has 0 saturated carbocycles. The van der Waals surface area contributed by atoms with Crippen molar-refractivity contribution in [1.29, 1.82) is 0 Å². The van der Waals surface area contributed by atoms with Gasteiger partial charge in [-0.25, -0.2) is 0 Å². The summed E-state index contributed by atoms with van der Waals surface area (Å²) in [5, 5.41) is 0. The average Bonchev–Trinajstić information content (AvgIpc) is 2.39. The number of nitrogens with two attached hydrogens (primary N) is 1. The number of benzene rings is 1. The van der Waals surface area contributed by atoms with E-state index in [4.69, 9.17) is 5.73 Å². The van der Waals surface area contributed by atoms with E-state index in [0.717, 1.165) is 37.6 Å². The van der Waals surface area contributed by atoms with Crippen molar-refractivity contribution in [2.75, 3.05) is 19.6 Å². The summed E-state index contributed by atoms with van der Waals surface area (Å²) in [6.45, 7) is 3.12.